The molecule has 0 aromatic heterocycles. The van der Waals surface area contributed by atoms with Crippen molar-refractivity contribution in [1.29, 1.82) is 0 Å². The van der Waals surface area contributed by atoms with Gasteiger partial charge in [-0.15, -0.1) is 24.0 Å². The van der Waals surface area contributed by atoms with E-state index >= 15 is 0 Å². The normalized spacial score (nSPS) is 22.8. The van der Waals surface area contributed by atoms with Crippen LogP contribution in [0.15, 0.2) is 29.3 Å². The fourth-order valence-corrected chi connectivity index (χ4v) is 5.35. The summed E-state index contributed by atoms with van der Waals surface area (Å²) >= 11 is 2.06. The summed E-state index contributed by atoms with van der Waals surface area (Å²) in [5.41, 5.74) is 1.42. The van der Waals surface area contributed by atoms with Crippen molar-refractivity contribution in [3.05, 3.63) is 29.8 Å². The minimum atomic E-state index is 0. The average Bonchev–Trinajstić information content (AvgIpc) is 3.22. The van der Waals surface area contributed by atoms with Gasteiger partial charge < -0.3 is 19.7 Å². The second-order valence-corrected chi connectivity index (χ2v) is 8.61. The maximum atomic E-state index is 5.58. The van der Waals surface area contributed by atoms with E-state index in [0.29, 0.717) is 0 Å². The molecule has 0 amide bonds. The molecule has 0 bridgehead atoms. The van der Waals surface area contributed by atoms with E-state index in [0.717, 1.165) is 63.4 Å². The van der Waals surface area contributed by atoms with Crippen LogP contribution in [0.4, 0.5) is 0 Å². The topological polar surface area (TPSA) is 49.3 Å². The summed E-state index contributed by atoms with van der Waals surface area (Å²) in [6, 6.07) is 8.25. The van der Waals surface area contributed by atoms with Crippen LogP contribution in [0.1, 0.15) is 18.9 Å². The summed E-state index contributed by atoms with van der Waals surface area (Å²) in [7, 11) is 3.80. The first-order valence-corrected chi connectivity index (χ1v) is 11.4. The fraction of sp³-hybridized carbons (Fsp3) is 0.667. The van der Waals surface area contributed by atoms with Crippen LogP contribution in [-0.4, -0.2) is 86.4 Å². The third-order valence-electron chi connectivity index (χ3n) is 5.56. The molecule has 0 spiro atoms. The molecule has 1 atom stereocenters. The predicted molar refractivity (Wildman–Crippen MR) is 133 cm³/mol. The highest BCUT2D eigenvalue weighted by molar-refractivity contribution is 14.0. The van der Waals surface area contributed by atoms with E-state index in [1.807, 2.05) is 12.1 Å². The molecule has 2 aliphatic rings. The minimum absolute atomic E-state index is 0. The Kier molecular flexibility index (Phi) is 10.3. The van der Waals surface area contributed by atoms with Gasteiger partial charge in [-0.2, -0.15) is 11.8 Å². The smallest absolute Gasteiger partial charge is 0.194 e. The molecule has 1 aromatic carbocycles. The lowest BCUT2D eigenvalue weighted by Crippen LogP contribution is -2.56. The highest BCUT2D eigenvalue weighted by atomic mass is 127. The third kappa shape index (κ3) is 6.63. The largest absolute Gasteiger partial charge is 0.497 e. The second-order valence-electron chi connectivity index (χ2n) is 7.50. The van der Waals surface area contributed by atoms with E-state index in [1.54, 1.807) is 7.11 Å². The van der Waals surface area contributed by atoms with Gasteiger partial charge in [0, 0.05) is 39.0 Å². The zero-order valence-corrected chi connectivity index (χ0v) is 21.0. The van der Waals surface area contributed by atoms with Crippen LogP contribution in [0.25, 0.3) is 0 Å². The lowest BCUT2D eigenvalue weighted by molar-refractivity contribution is -0.0105. The summed E-state index contributed by atoms with van der Waals surface area (Å²) in [5, 5.41) is 3.47. The van der Waals surface area contributed by atoms with Crippen LogP contribution < -0.4 is 10.1 Å². The molecule has 0 radical (unpaired) electrons. The van der Waals surface area contributed by atoms with Crippen molar-refractivity contribution >= 4 is 41.7 Å². The predicted octanol–water partition coefficient (Wildman–Crippen LogP) is 2.92. The molecule has 1 N–H and O–H groups in total. The van der Waals surface area contributed by atoms with Gasteiger partial charge in [-0.05, 0) is 36.8 Å². The van der Waals surface area contributed by atoms with Gasteiger partial charge in [0.1, 0.15) is 5.75 Å². The second kappa shape index (κ2) is 12.2. The molecular weight excluding hydrogens is 499 g/mol. The van der Waals surface area contributed by atoms with E-state index < -0.39 is 0 Å². The molecule has 3 rings (SSSR count). The van der Waals surface area contributed by atoms with E-state index in [2.05, 4.69) is 53.0 Å². The minimum Gasteiger partial charge on any atom is -0.497 e. The number of halogens is 1. The lowest BCUT2D eigenvalue weighted by Gasteiger charge is -2.42. The zero-order chi connectivity index (χ0) is 19.8. The number of guanidine groups is 1. The molecule has 0 aliphatic carbocycles. The maximum absolute atomic E-state index is 5.58. The van der Waals surface area contributed by atoms with E-state index in [-0.39, 0.29) is 29.5 Å². The summed E-state index contributed by atoms with van der Waals surface area (Å²) in [6.45, 7) is 8.37. The van der Waals surface area contributed by atoms with Crippen molar-refractivity contribution in [2.75, 3.05) is 65.1 Å². The van der Waals surface area contributed by atoms with Crippen molar-refractivity contribution in [3.8, 4) is 5.75 Å². The van der Waals surface area contributed by atoms with Gasteiger partial charge in [0.25, 0.3) is 0 Å². The van der Waals surface area contributed by atoms with Gasteiger partial charge in [-0.25, -0.2) is 0 Å². The lowest BCUT2D eigenvalue weighted by atomic mass is 9.96. The zero-order valence-electron chi connectivity index (χ0n) is 17.9. The average molecular weight is 535 g/mol. The Morgan fingerprint density at radius 2 is 2.03 bits per heavy atom. The van der Waals surface area contributed by atoms with Crippen LogP contribution in [0.3, 0.4) is 0 Å². The van der Waals surface area contributed by atoms with Crippen molar-refractivity contribution in [1.82, 2.24) is 15.1 Å². The number of benzene rings is 1. The molecule has 0 saturated carbocycles. The van der Waals surface area contributed by atoms with Crippen LogP contribution in [-0.2, 0) is 11.3 Å². The third-order valence-corrected chi connectivity index (χ3v) is 6.80. The number of hydrogen-bond acceptors (Lipinski definition) is 5. The van der Waals surface area contributed by atoms with E-state index in [9.17, 15) is 0 Å². The Hall–Kier alpha value is -0.710. The van der Waals surface area contributed by atoms with Crippen molar-refractivity contribution < 1.29 is 9.47 Å². The standard InChI is InChI=1S/C21H34N4O2S.HI/c1-4-22-20(24(2)15-18-5-7-19(26-3)8-6-18)23-16-21(9-14-28-17-21)25-10-12-27-13-11-25;/h5-8H,4,9-17H2,1-3H3,(H,22,23);1H. The molecular formula is C21H35IN4O2S. The summed E-state index contributed by atoms with van der Waals surface area (Å²) in [5.74, 6) is 4.25. The summed E-state index contributed by atoms with van der Waals surface area (Å²) in [6.07, 6.45) is 1.21. The fourth-order valence-electron chi connectivity index (χ4n) is 3.88. The first-order chi connectivity index (χ1) is 13.7. The Balaban J connectivity index is 0.00000300. The van der Waals surface area contributed by atoms with E-state index in [1.165, 1.54) is 17.7 Å². The first-order valence-electron chi connectivity index (χ1n) is 10.2. The Bertz CT molecular complexity index is 632. The number of aliphatic imine (C=N–C) groups is 1. The van der Waals surface area contributed by atoms with Crippen LogP contribution in [0.2, 0.25) is 0 Å². The quantitative estimate of drug-likeness (QED) is 0.330. The molecule has 2 fully saturated rings. The molecule has 29 heavy (non-hydrogen) atoms. The van der Waals surface area contributed by atoms with Crippen molar-refractivity contribution in [2.45, 2.75) is 25.4 Å². The molecule has 8 heteroatoms. The van der Waals surface area contributed by atoms with Crippen LogP contribution in [0.5, 0.6) is 5.75 Å². The van der Waals surface area contributed by atoms with Gasteiger partial charge in [-0.3, -0.25) is 9.89 Å². The van der Waals surface area contributed by atoms with Crippen LogP contribution in [0, 0.1) is 0 Å². The highest BCUT2D eigenvalue weighted by Crippen LogP contribution is 2.34. The molecule has 2 saturated heterocycles. The number of hydrogen-bond donors (Lipinski definition) is 1. The van der Waals surface area contributed by atoms with Gasteiger partial charge in [0.05, 0.1) is 32.4 Å². The maximum Gasteiger partial charge on any atom is 0.194 e. The SMILES string of the molecule is CCNC(=NCC1(N2CCOCC2)CCSC1)N(C)Cc1ccc(OC)cc1.I. The Morgan fingerprint density at radius 1 is 1.31 bits per heavy atom. The monoisotopic (exact) mass is 534 g/mol. The molecule has 2 heterocycles. The Morgan fingerprint density at radius 3 is 2.62 bits per heavy atom. The number of nitrogens with one attached hydrogen (secondary N) is 1. The number of methoxy groups -OCH3 is 1. The number of thioether (sulfide) groups is 1. The van der Waals surface area contributed by atoms with Gasteiger partial charge in [-0.1, -0.05) is 12.1 Å². The molecule has 164 valence electrons. The van der Waals surface area contributed by atoms with Gasteiger partial charge in [0.2, 0.25) is 0 Å². The van der Waals surface area contributed by atoms with Crippen LogP contribution >= 0.6 is 35.7 Å². The van der Waals surface area contributed by atoms with Crippen molar-refractivity contribution in [3.63, 3.8) is 0 Å². The number of ether oxygens (including phenoxy) is 2. The van der Waals surface area contributed by atoms with Gasteiger partial charge >= 0.3 is 0 Å². The first kappa shape index (κ1) is 24.6. The molecule has 6 nitrogen and oxygen atoms in total. The summed E-state index contributed by atoms with van der Waals surface area (Å²) in [4.78, 5) is 9.91. The van der Waals surface area contributed by atoms with Crippen molar-refractivity contribution in [2.24, 2.45) is 4.99 Å². The van der Waals surface area contributed by atoms with E-state index in [4.69, 9.17) is 14.5 Å². The summed E-state index contributed by atoms with van der Waals surface area (Å²) < 4.78 is 10.8. The highest BCUT2D eigenvalue weighted by Gasteiger charge is 2.40. The number of nitrogens with zero attached hydrogens (tertiary/aromatic N) is 3. The Labute approximate surface area is 196 Å². The number of morpholine rings is 1. The molecule has 1 unspecified atom stereocenters. The molecule has 1 aromatic rings. The molecule has 2 aliphatic heterocycles. The van der Waals surface area contributed by atoms with Gasteiger partial charge in [0.15, 0.2) is 5.96 Å². The number of rotatable bonds is 7.